The summed E-state index contributed by atoms with van der Waals surface area (Å²) in [7, 11) is 2.04. The molecule has 0 saturated carbocycles. The van der Waals surface area contributed by atoms with Crippen molar-refractivity contribution >= 4 is 38.0 Å². The highest BCUT2D eigenvalue weighted by Gasteiger charge is 2.14. The summed E-state index contributed by atoms with van der Waals surface area (Å²) >= 11 is 5.34. The van der Waals surface area contributed by atoms with E-state index in [1.165, 1.54) is 25.7 Å². The lowest BCUT2D eigenvalue weighted by molar-refractivity contribution is 0.601. The molecule has 0 spiro atoms. The second-order valence-electron chi connectivity index (χ2n) is 4.84. The van der Waals surface area contributed by atoms with Crippen LogP contribution in [-0.2, 0) is 6.42 Å². The lowest BCUT2D eigenvalue weighted by atomic mass is 9.96. The molecule has 1 aromatic heterocycles. The fourth-order valence-corrected chi connectivity index (χ4v) is 4.08. The van der Waals surface area contributed by atoms with E-state index in [4.69, 9.17) is 0 Å². The van der Waals surface area contributed by atoms with Gasteiger partial charge in [-0.1, -0.05) is 42.5 Å². The minimum atomic E-state index is 0.339. The van der Waals surface area contributed by atoms with Gasteiger partial charge in [-0.3, -0.25) is 0 Å². The van der Waals surface area contributed by atoms with Crippen molar-refractivity contribution < 1.29 is 0 Å². The molecule has 0 fully saturated rings. The van der Waals surface area contributed by atoms with Crippen molar-refractivity contribution in [3.05, 3.63) is 68.8 Å². The average Bonchev–Trinajstić information content (AvgIpc) is 2.89. The fourth-order valence-electron chi connectivity index (χ4n) is 2.58. The minimum Gasteiger partial charge on any atom is -0.313 e. The highest BCUT2D eigenvalue weighted by atomic mass is 79.9. The maximum atomic E-state index is 3.53. The molecule has 102 valence electrons. The van der Waals surface area contributed by atoms with E-state index in [1.54, 1.807) is 11.3 Å². The van der Waals surface area contributed by atoms with Gasteiger partial charge in [-0.25, -0.2) is 0 Å². The topological polar surface area (TPSA) is 12.0 Å². The maximum Gasteiger partial charge on any atom is 0.0372 e. The Morgan fingerprint density at radius 2 is 1.95 bits per heavy atom. The Bertz CT molecular complexity index is 714. The van der Waals surface area contributed by atoms with Gasteiger partial charge in [0.1, 0.15) is 0 Å². The van der Waals surface area contributed by atoms with Crippen LogP contribution in [-0.4, -0.2) is 7.05 Å². The summed E-state index contributed by atoms with van der Waals surface area (Å²) in [5.41, 5.74) is 1.37. The van der Waals surface area contributed by atoms with E-state index in [9.17, 15) is 0 Å². The Balaban J connectivity index is 1.98. The molecule has 3 rings (SSSR count). The average molecular weight is 346 g/mol. The van der Waals surface area contributed by atoms with Crippen LogP contribution in [0.2, 0.25) is 0 Å². The third-order valence-corrected chi connectivity index (χ3v) is 5.29. The van der Waals surface area contributed by atoms with Crippen LogP contribution < -0.4 is 5.32 Å². The number of nitrogens with one attached hydrogen (secondary N) is 1. The summed E-state index contributed by atoms with van der Waals surface area (Å²) in [4.78, 5) is 1.39. The first-order chi connectivity index (χ1) is 9.78. The van der Waals surface area contributed by atoms with Crippen molar-refractivity contribution in [1.82, 2.24) is 5.32 Å². The van der Waals surface area contributed by atoms with Crippen LogP contribution in [0.15, 0.2) is 58.4 Å². The van der Waals surface area contributed by atoms with Crippen LogP contribution >= 0.6 is 27.3 Å². The molecular formula is C17H16BrNS. The summed E-state index contributed by atoms with van der Waals surface area (Å²) in [6.07, 6.45) is 1.01. The molecule has 0 radical (unpaired) electrons. The fraction of sp³-hybridized carbons (Fsp3) is 0.176. The van der Waals surface area contributed by atoms with Gasteiger partial charge >= 0.3 is 0 Å². The molecule has 0 aliphatic carbocycles. The molecular weight excluding hydrogens is 330 g/mol. The Kier molecular flexibility index (Phi) is 4.20. The van der Waals surface area contributed by atoms with Gasteiger partial charge in [0.25, 0.3) is 0 Å². The van der Waals surface area contributed by atoms with Gasteiger partial charge in [-0.15, -0.1) is 11.3 Å². The van der Waals surface area contributed by atoms with Crippen LogP contribution in [0.25, 0.3) is 10.8 Å². The minimum absolute atomic E-state index is 0.339. The van der Waals surface area contributed by atoms with Gasteiger partial charge < -0.3 is 5.32 Å². The highest BCUT2D eigenvalue weighted by molar-refractivity contribution is 9.10. The summed E-state index contributed by atoms with van der Waals surface area (Å²) in [6.45, 7) is 0. The van der Waals surface area contributed by atoms with Gasteiger partial charge in [0, 0.05) is 27.2 Å². The van der Waals surface area contributed by atoms with Gasteiger partial charge in [0.05, 0.1) is 0 Å². The molecule has 1 unspecified atom stereocenters. The number of rotatable bonds is 4. The summed E-state index contributed by atoms with van der Waals surface area (Å²) in [6, 6.07) is 17.7. The predicted octanol–water partition coefficient (Wildman–Crippen LogP) is 5.17. The second-order valence-corrected chi connectivity index (χ2v) is 6.76. The first-order valence-corrected chi connectivity index (χ1v) is 8.33. The van der Waals surface area contributed by atoms with E-state index in [-0.39, 0.29) is 0 Å². The smallest absolute Gasteiger partial charge is 0.0372 e. The zero-order valence-electron chi connectivity index (χ0n) is 11.3. The van der Waals surface area contributed by atoms with Crippen LogP contribution in [0.5, 0.6) is 0 Å². The van der Waals surface area contributed by atoms with Crippen LogP contribution in [0.4, 0.5) is 0 Å². The Labute approximate surface area is 131 Å². The first kappa shape index (κ1) is 13.8. The molecule has 20 heavy (non-hydrogen) atoms. The molecule has 1 N–H and O–H groups in total. The second kappa shape index (κ2) is 6.08. The van der Waals surface area contributed by atoms with Crippen LogP contribution in [0.3, 0.4) is 0 Å². The van der Waals surface area contributed by atoms with E-state index in [2.05, 4.69) is 75.2 Å². The van der Waals surface area contributed by atoms with Crippen LogP contribution in [0.1, 0.15) is 16.5 Å². The maximum absolute atomic E-state index is 3.53. The Morgan fingerprint density at radius 1 is 1.15 bits per heavy atom. The van der Waals surface area contributed by atoms with E-state index >= 15 is 0 Å². The van der Waals surface area contributed by atoms with Gasteiger partial charge in [0.2, 0.25) is 0 Å². The van der Waals surface area contributed by atoms with Crippen molar-refractivity contribution in [2.75, 3.05) is 7.05 Å². The van der Waals surface area contributed by atoms with Crippen molar-refractivity contribution in [3.8, 4) is 0 Å². The number of hydrogen-bond donors (Lipinski definition) is 1. The largest absolute Gasteiger partial charge is 0.313 e. The van der Waals surface area contributed by atoms with Gasteiger partial charge in [-0.2, -0.15) is 0 Å². The van der Waals surface area contributed by atoms with E-state index in [0.29, 0.717) is 6.04 Å². The summed E-state index contributed by atoms with van der Waals surface area (Å²) in [5, 5.41) is 8.24. The van der Waals surface area contributed by atoms with E-state index in [1.807, 2.05) is 7.05 Å². The lowest BCUT2D eigenvalue weighted by Gasteiger charge is -2.18. The molecule has 0 bridgehead atoms. The molecule has 1 nitrogen and oxygen atoms in total. The molecule has 0 aliphatic heterocycles. The Hall–Kier alpha value is -1.16. The zero-order valence-corrected chi connectivity index (χ0v) is 13.7. The van der Waals surface area contributed by atoms with E-state index in [0.717, 1.165) is 6.42 Å². The summed E-state index contributed by atoms with van der Waals surface area (Å²) < 4.78 is 1.17. The third kappa shape index (κ3) is 2.80. The van der Waals surface area contributed by atoms with Crippen molar-refractivity contribution in [1.29, 1.82) is 0 Å². The number of hydrogen-bond acceptors (Lipinski definition) is 2. The molecule has 3 aromatic rings. The van der Waals surface area contributed by atoms with Gasteiger partial charge in [-0.05, 0) is 45.4 Å². The Morgan fingerprint density at radius 3 is 2.70 bits per heavy atom. The zero-order chi connectivity index (χ0) is 13.9. The monoisotopic (exact) mass is 345 g/mol. The number of fused-ring (bicyclic) bond motifs is 1. The molecule has 2 aromatic carbocycles. The summed E-state index contributed by atoms with van der Waals surface area (Å²) in [5.74, 6) is 0. The number of thiophene rings is 1. The van der Waals surface area contributed by atoms with E-state index < -0.39 is 0 Å². The van der Waals surface area contributed by atoms with Gasteiger partial charge in [0.15, 0.2) is 0 Å². The molecule has 3 heteroatoms. The SMILES string of the molecule is CNC(Cc1cc(Br)cs1)c1cccc2ccccc12. The predicted molar refractivity (Wildman–Crippen MR) is 91.5 cm³/mol. The quantitative estimate of drug-likeness (QED) is 0.687. The van der Waals surface area contributed by atoms with Crippen molar-refractivity contribution in [3.63, 3.8) is 0 Å². The number of benzene rings is 2. The standard InChI is InChI=1S/C17H16BrNS/c1-19-17(10-14-9-13(18)11-20-14)16-8-4-6-12-5-2-3-7-15(12)16/h2-9,11,17,19H,10H2,1H3. The molecule has 0 amide bonds. The molecule has 0 aliphatic rings. The molecule has 1 atom stereocenters. The lowest BCUT2D eigenvalue weighted by Crippen LogP contribution is -2.18. The third-order valence-electron chi connectivity index (χ3n) is 3.57. The highest BCUT2D eigenvalue weighted by Crippen LogP contribution is 2.29. The molecule has 1 heterocycles. The number of halogens is 1. The van der Waals surface area contributed by atoms with Crippen molar-refractivity contribution in [2.45, 2.75) is 12.5 Å². The molecule has 0 saturated heterocycles. The van der Waals surface area contributed by atoms with Crippen LogP contribution in [0, 0.1) is 0 Å². The normalized spacial score (nSPS) is 12.7. The first-order valence-electron chi connectivity index (χ1n) is 6.66. The number of likely N-dealkylation sites (N-methyl/N-ethyl adjacent to an activating group) is 1. The van der Waals surface area contributed by atoms with Crippen molar-refractivity contribution in [2.24, 2.45) is 0 Å².